The van der Waals surface area contributed by atoms with Crippen molar-refractivity contribution in [1.82, 2.24) is 14.9 Å². The Kier molecular flexibility index (Phi) is 4.17. The molecule has 0 saturated carbocycles. The molecule has 0 atom stereocenters. The van der Waals surface area contributed by atoms with Crippen LogP contribution in [0, 0.1) is 5.41 Å². The van der Waals surface area contributed by atoms with Crippen LogP contribution in [0.2, 0.25) is 0 Å². The number of hydrogen-bond donors (Lipinski definition) is 1. The molecule has 0 aliphatic heterocycles. The number of aromatic nitrogens is 2. The summed E-state index contributed by atoms with van der Waals surface area (Å²) in [4.78, 5) is 10.3. The zero-order valence-corrected chi connectivity index (χ0v) is 9.77. The standard InChI is InChI=1S/C11H20N4/c1-11(2,7-12)8-15(3)6-10-4-5-13-9-14-10/h4-5,9H,6-8,12H2,1-3H3. The zero-order valence-electron chi connectivity index (χ0n) is 9.77. The Bertz CT molecular complexity index is 284. The van der Waals surface area contributed by atoms with Gasteiger partial charge in [0.15, 0.2) is 0 Å². The highest BCUT2D eigenvalue weighted by molar-refractivity contribution is 4.97. The van der Waals surface area contributed by atoms with E-state index in [0.717, 1.165) is 18.8 Å². The van der Waals surface area contributed by atoms with Crippen LogP contribution < -0.4 is 5.73 Å². The van der Waals surface area contributed by atoms with Crippen molar-refractivity contribution in [2.45, 2.75) is 20.4 Å². The summed E-state index contributed by atoms with van der Waals surface area (Å²) < 4.78 is 0. The maximum absolute atomic E-state index is 5.70. The van der Waals surface area contributed by atoms with E-state index in [9.17, 15) is 0 Å². The summed E-state index contributed by atoms with van der Waals surface area (Å²) in [5.74, 6) is 0. The van der Waals surface area contributed by atoms with Crippen molar-refractivity contribution in [1.29, 1.82) is 0 Å². The highest BCUT2D eigenvalue weighted by atomic mass is 15.1. The molecule has 1 rings (SSSR count). The molecule has 0 spiro atoms. The van der Waals surface area contributed by atoms with Crippen molar-refractivity contribution in [3.63, 3.8) is 0 Å². The van der Waals surface area contributed by atoms with Crippen molar-refractivity contribution in [2.24, 2.45) is 11.1 Å². The topological polar surface area (TPSA) is 55.0 Å². The molecule has 15 heavy (non-hydrogen) atoms. The second-order valence-corrected chi connectivity index (χ2v) is 4.74. The predicted octanol–water partition coefficient (Wildman–Crippen LogP) is 0.893. The van der Waals surface area contributed by atoms with Gasteiger partial charge in [0, 0.05) is 19.3 Å². The third-order valence-electron chi connectivity index (χ3n) is 2.33. The summed E-state index contributed by atoms with van der Waals surface area (Å²) in [5, 5.41) is 0. The van der Waals surface area contributed by atoms with E-state index in [-0.39, 0.29) is 5.41 Å². The molecule has 1 heterocycles. The van der Waals surface area contributed by atoms with Crippen molar-refractivity contribution in [3.8, 4) is 0 Å². The van der Waals surface area contributed by atoms with E-state index in [1.165, 1.54) is 0 Å². The van der Waals surface area contributed by atoms with Gasteiger partial charge in [-0.2, -0.15) is 0 Å². The van der Waals surface area contributed by atoms with Crippen LogP contribution >= 0.6 is 0 Å². The quantitative estimate of drug-likeness (QED) is 0.781. The summed E-state index contributed by atoms with van der Waals surface area (Å²) in [5.41, 5.74) is 6.89. The molecule has 0 aromatic carbocycles. The lowest BCUT2D eigenvalue weighted by atomic mass is 9.93. The summed E-state index contributed by atoms with van der Waals surface area (Å²) in [7, 11) is 2.08. The van der Waals surface area contributed by atoms with Crippen molar-refractivity contribution in [2.75, 3.05) is 20.1 Å². The molecule has 0 aliphatic rings. The van der Waals surface area contributed by atoms with Crippen molar-refractivity contribution < 1.29 is 0 Å². The summed E-state index contributed by atoms with van der Waals surface area (Å²) >= 11 is 0. The first-order valence-corrected chi connectivity index (χ1v) is 5.17. The minimum absolute atomic E-state index is 0.155. The van der Waals surface area contributed by atoms with Gasteiger partial charge in [0.2, 0.25) is 0 Å². The molecule has 0 unspecified atom stereocenters. The number of rotatable bonds is 5. The van der Waals surface area contributed by atoms with Crippen LogP contribution in [0.5, 0.6) is 0 Å². The van der Waals surface area contributed by atoms with E-state index >= 15 is 0 Å². The van der Waals surface area contributed by atoms with E-state index in [1.807, 2.05) is 6.07 Å². The molecule has 4 nitrogen and oxygen atoms in total. The minimum Gasteiger partial charge on any atom is -0.330 e. The first kappa shape index (κ1) is 12.1. The maximum Gasteiger partial charge on any atom is 0.115 e. The first-order chi connectivity index (χ1) is 7.03. The molecule has 1 aromatic rings. The van der Waals surface area contributed by atoms with E-state index < -0.39 is 0 Å². The summed E-state index contributed by atoms with van der Waals surface area (Å²) in [6, 6.07) is 1.94. The predicted molar refractivity (Wildman–Crippen MR) is 61.2 cm³/mol. The van der Waals surface area contributed by atoms with Gasteiger partial charge in [0.25, 0.3) is 0 Å². The molecule has 0 aliphatic carbocycles. The largest absolute Gasteiger partial charge is 0.330 e. The van der Waals surface area contributed by atoms with Gasteiger partial charge in [-0.1, -0.05) is 13.8 Å². The molecule has 0 radical (unpaired) electrons. The highest BCUT2D eigenvalue weighted by Crippen LogP contribution is 2.14. The molecule has 4 heteroatoms. The van der Waals surface area contributed by atoms with E-state index in [2.05, 4.69) is 35.8 Å². The van der Waals surface area contributed by atoms with E-state index in [0.29, 0.717) is 6.54 Å². The Labute approximate surface area is 91.5 Å². The Balaban J connectivity index is 2.46. The molecular formula is C11H20N4. The lowest BCUT2D eigenvalue weighted by molar-refractivity contribution is 0.208. The first-order valence-electron chi connectivity index (χ1n) is 5.17. The van der Waals surface area contributed by atoms with Crippen LogP contribution in [0.1, 0.15) is 19.5 Å². The van der Waals surface area contributed by atoms with Crippen LogP contribution in [0.4, 0.5) is 0 Å². The molecule has 0 fully saturated rings. The van der Waals surface area contributed by atoms with Crippen LogP contribution in [0.25, 0.3) is 0 Å². The van der Waals surface area contributed by atoms with Gasteiger partial charge in [-0.05, 0) is 25.1 Å². The second kappa shape index (κ2) is 5.19. The Hall–Kier alpha value is -1.00. The van der Waals surface area contributed by atoms with Gasteiger partial charge >= 0.3 is 0 Å². The number of nitrogens with zero attached hydrogens (tertiary/aromatic N) is 3. The van der Waals surface area contributed by atoms with Gasteiger partial charge in [0.1, 0.15) is 6.33 Å². The van der Waals surface area contributed by atoms with Crippen LogP contribution in [-0.2, 0) is 6.54 Å². The average molecular weight is 208 g/mol. The van der Waals surface area contributed by atoms with Gasteiger partial charge in [-0.3, -0.25) is 4.90 Å². The third-order valence-corrected chi connectivity index (χ3v) is 2.33. The molecule has 0 amide bonds. The highest BCUT2D eigenvalue weighted by Gasteiger charge is 2.18. The second-order valence-electron chi connectivity index (χ2n) is 4.74. The van der Waals surface area contributed by atoms with Crippen LogP contribution in [0.3, 0.4) is 0 Å². The van der Waals surface area contributed by atoms with Crippen molar-refractivity contribution >= 4 is 0 Å². The Morgan fingerprint density at radius 1 is 1.47 bits per heavy atom. The maximum atomic E-state index is 5.70. The van der Waals surface area contributed by atoms with Crippen LogP contribution in [0.15, 0.2) is 18.6 Å². The molecule has 1 aromatic heterocycles. The summed E-state index contributed by atoms with van der Waals surface area (Å²) in [6.45, 7) is 6.84. The smallest absolute Gasteiger partial charge is 0.115 e. The SMILES string of the molecule is CN(Cc1ccncn1)CC(C)(C)CN. The van der Waals surface area contributed by atoms with Gasteiger partial charge < -0.3 is 5.73 Å². The Morgan fingerprint density at radius 2 is 2.20 bits per heavy atom. The van der Waals surface area contributed by atoms with Gasteiger partial charge in [-0.25, -0.2) is 9.97 Å². The van der Waals surface area contributed by atoms with Crippen LogP contribution in [-0.4, -0.2) is 35.0 Å². The average Bonchev–Trinajstić information content (AvgIpc) is 2.18. The van der Waals surface area contributed by atoms with Crippen molar-refractivity contribution in [3.05, 3.63) is 24.3 Å². The lowest BCUT2D eigenvalue weighted by Gasteiger charge is -2.28. The number of nitrogens with two attached hydrogens (primary N) is 1. The molecule has 84 valence electrons. The fourth-order valence-corrected chi connectivity index (χ4v) is 1.54. The van der Waals surface area contributed by atoms with E-state index in [1.54, 1.807) is 12.5 Å². The minimum atomic E-state index is 0.155. The molecule has 2 N–H and O–H groups in total. The molecule has 0 bridgehead atoms. The fraction of sp³-hybridized carbons (Fsp3) is 0.636. The fourth-order valence-electron chi connectivity index (χ4n) is 1.54. The van der Waals surface area contributed by atoms with Gasteiger partial charge in [0.05, 0.1) is 5.69 Å². The van der Waals surface area contributed by atoms with E-state index in [4.69, 9.17) is 5.73 Å². The number of hydrogen-bond acceptors (Lipinski definition) is 4. The lowest BCUT2D eigenvalue weighted by Crippen LogP contribution is -2.36. The zero-order chi connectivity index (χ0) is 11.3. The Morgan fingerprint density at radius 3 is 2.73 bits per heavy atom. The normalized spacial score (nSPS) is 12.1. The molecular weight excluding hydrogens is 188 g/mol. The van der Waals surface area contributed by atoms with Gasteiger partial charge in [-0.15, -0.1) is 0 Å². The molecule has 0 saturated heterocycles. The monoisotopic (exact) mass is 208 g/mol. The summed E-state index contributed by atoms with van der Waals surface area (Å²) in [6.07, 6.45) is 3.35. The third kappa shape index (κ3) is 4.36.